The van der Waals surface area contributed by atoms with E-state index in [-0.39, 0.29) is 18.9 Å². The first-order chi connectivity index (χ1) is 10.2. The summed E-state index contributed by atoms with van der Waals surface area (Å²) in [6.45, 7) is 11.4. The average Bonchev–Trinajstić information content (AvgIpc) is 2.81. The summed E-state index contributed by atoms with van der Waals surface area (Å²) in [5, 5.41) is 0. The maximum absolute atomic E-state index is 5.77. The van der Waals surface area contributed by atoms with Crippen molar-refractivity contribution in [3.05, 3.63) is 74.5 Å². The van der Waals surface area contributed by atoms with Crippen LogP contribution in [-0.4, -0.2) is 13.2 Å². The van der Waals surface area contributed by atoms with Crippen LogP contribution in [0.25, 0.3) is 5.57 Å². The Morgan fingerprint density at radius 1 is 1.27 bits per heavy atom. The third kappa shape index (κ3) is 7.04. The van der Waals surface area contributed by atoms with Crippen LogP contribution in [0.2, 0.25) is 0 Å². The Hall–Kier alpha value is -1.40. The normalized spacial score (nSPS) is 18.4. The monoisotopic (exact) mass is 291 g/mol. The van der Waals surface area contributed by atoms with Crippen molar-refractivity contribution in [1.82, 2.24) is 0 Å². The van der Waals surface area contributed by atoms with Gasteiger partial charge in [-0.25, -0.2) is 6.08 Å². The number of hydrogen-bond acceptors (Lipinski definition) is 3. The molecule has 0 atom stereocenters. The predicted molar refractivity (Wildman–Crippen MR) is 88.1 cm³/mol. The zero-order chi connectivity index (χ0) is 15.5. The molecule has 0 spiro atoms. The summed E-state index contributed by atoms with van der Waals surface area (Å²) < 4.78 is 10.2. The molecule has 0 saturated carbocycles. The zero-order valence-electron chi connectivity index (χ0n) is 13.3. The minimum Gasteiger partial charge on any atom is -0.495 e. The Kier molecular flexibility index (Phi) is 11.4. The van der Waals surface area contributed by atoms with Crippen LogP contribution >= 0.6 is 0 Å². The summed E-state index contributed by atoms with van der Waals surface area (Å²) in [5.41, 5.74) is 7.51. The number of nitrogen functional groups attached to an aromatic ring is 1. The average molecular weight is 291 g/mol. The number of anilines is 1. The summed E-state index contributed by atoms with van der Waals surface area (Å²) in [5.74, 6) is 1.33. The van der Waals surface area contributed by atoms with Gasteiger partial charge in [-0.1, -0.05) is 55.3 Å². The second-order valence-corrected chi connectivity index (χ2v) is 4.23. The molecule has 1 aliphatic rings. The van der Waals surface area contributed by atoms with Crippen LogP contribution in [0.5, 0.6) is 0 Å². The molecule has 1 aliphatic carbocycles. The van der Waals surface area contributed by atoms with Crippen LogP contribution in [-0.2, 0) is 4.74 Å². The molecule has 0 amide bonds. The van der Waals surface area contributed by atoms with E-state index in [4.69, 9.17) is 10.2 Å². The van der Waals surface area contributed by atoms with Crippen molar-refractivity contribution in [2.45, 2.75) is 12.8 Å². The van der Waals surface area contributed by atoms with Crippen LogP contribution in [0.3, 0.4) is 0 Å². The van der Waals surface area contributed by atoms with Crippen LogP contribution in [0.15, 0.2) is 47.4 Å². The first-order valence-corrected chi connectivity index (χ1v) is 6.84. The fraction of sp³-hybridized carbons (Fsp3) is 0.222. The van der Waals surface area contributed by atoms with Gasteiger partial charge in [0.05, 0.1) is 0 Å². The second kappa shape index (κ2) is 12.2. The quantitative estimate of drug-likeness (QED) is 0.669. The van der Waals surface area contributed by atoms with E-state index in [9.17, 15) is 0 Å². The molecule has 2 rings (SSSR count). The molecule has 0 saturated heterocycles. The van der Waals surface area contributed by atoms with Crippen molar-refractivity contribution in [3.8, 4) is 0 Å². The van der Waals surface area contributed by atoms with Crippen LogP contribution in [0.1, 0.15) is 24.4 Å². The van der Waals surface area contributed by atoms with E-state index < -0.39 is 0 Å². The molecule has 0 fully saturated rings. The molecular weight excluding hydrogens is 269 g/mol. The van der Waals surface area contributed by atoms with Gasteiger partial charge in [-0.15, -0.1) is 0 Å². The van der Waals surface area contributed by atoms with Gasteiger partial charge in [0.1, 0.15) is 5.76 Å². The fourth-order valence-corrected chi connectivity index (χ4v) is 1.74. The van der Waals surface area contributed by atoms with Gasteiger partial charge in [-0.3, -0.25) is 0 Å². The van der Waals surface area contributed by atoms with Gasteiger partial charge in [0.25, 0.3) is 0 Å². The number of nitrogens with two attached hydrogens (primary N) is 1. The Balaban J connectivity index is 0.000000644. The summed E-state index contributed by atoms with van der Waals surface area (Å²) in [4.78, 5) is 0. The smallest absolute Gasteiger partial charge is 0.495 e. The molecule has 3 nitrogen and oxygen atoms in total. The molecule has 22 heavy (non-hydrogen) atoms. The summed E-state index contributed by atoms with van der Waals surface area (Å²) >= 11 is 0. The van der Waals surface area contributed by atoms with E-state index in [1.165, 1.54) is 0 Å². The number of hydrogen-bond donors (Lipinski definition) is 1. The molecule has 1 aromatic heterocycles. The zero-order valence-corrected chi connectivity index (χ0v) is 13.3. The first-order valence-electron chi connectivity index (χ1n) is 6.84. The largest absolute Gasteiger partial charge is 1.00 e. The van der Waals surface area contributed by atoms with Gasteiger partial charge < -0.3 is 28.7 Å². The fourth-order valence-electron chi connectivity index (χ4n) is 1.74. The minimum atomic E-state index is 0. The maximum atomic E-state index is 5.77. The van der Waals surface area contributed by atoms with Gasteiger partial charge in [-0.2, -0.15) is 6.58 Å². The van der Waals surface area contributed by atoms with Crippen molar-refractivity contribution in [2.75, 3.05) is 18.9 Å². The van der Waals surface area contributed by atoms with Crippen molar-refractivity contribution >= 4 is 11.3 Å². The molecule has 0 unspecified atom stereocenters. The Morgan fingerprint density at radius 2 is 2.00 bits per heavy atom. The molecule has 0 bridgehead atoms. The standard InChI is InChI=1S/C14H14NO.C4H8O.Li/c1-2-13-12(15)10-14(16-13)11-8-6-4-3-5-7-9-11;1-3-5-4-2;/h3-6,8,10H,1,7,9,15H2;1-4H2;/q-1;-2;+1/b5-3-,6-4-,11-8+;;. The Labute approximate surface area is 145 Å². The number of ether oxygens (including phenoxy) is 1. The predicted octanol–water partition coefficient (Wildman–Crippen LogP) is 1.16. The number of allylic oxidation sites excluding steroid dienone is 6. The second-order valence-electron chi connectivity index (χ2n) is 4.23. The SMILES string of the molecule is C=[C-]c1oc(/C2=C/C=C\C=C/CC2)cc1N.[CH2-]COC[CH2-].[Li+]. The summed E-state index contributed by atoms with van der Waals surface area (Å²) in [7, 11) is 0. The van der Waals surface area contributed by atoms with Gasteiger partial charge in [-0.05, 0) is 24.2 Å². The van der Waals surface area contributed by atoms with Gasteiger partial charge in [0.2, 0.25) is 0 Å². The van der Waals surface area contributed by atoms with E-state index >= 15 is 0 Å². The van der Waals surface area contributed by atoms with E-state index in [2.05, 4.69) is 43.4 Å². The Bertz CT molecular complexity index is 525. The number of rotatable bonds is 4. The van der Waals surface area contributed by atoms with E-state index in [1.54, 1.807) is 0 Å². The van der Waals surface area contributed by atoms with Crippen molar-refractivity contribution < 1.29 is 28.0 Å². The van der Waals surface area contributed by atoms with E-state index in [0.29, 0.717) is 24.7 Å². The molecule has 0 aromatic carbocycles. The minimum absolute atomic E-state index is 0. The molecule has 1 heterocycles. The maximum Gasteiger partial charge on any atom is 1.00 e. The number of furan rings is 1. The van der Waals surface area contributed by atoms with Crippen molar-refractivity contribution in [1.29, 1.82) is 0 Å². The third-order valence-corrected chi connectivity index (χ3v) is 2.76. The van der Waals surface area contributed by atoms with Gasteiger partial charge in [0.15, 0.2) is 0 Å². The van der Waals surface area contributed by atoms with Crippen LogP contribution < -0.4 is 24.6 Å². The molecule has 114 valence electrons. The summed E-state index contributed by atoms with van der Waals surface area (Å²) in [6, 6.07) is 1.83. The summed E-state index contributed by atoms with van der Waals surface area (Å²) in [6.07, 6.45) is 14.9. The van der Waals surface area contributed by atoms with E-state index in [0.717, 1.165) is 24.2 Å². The van der Waals surface area contributed by atoms with Crippen molar-refractivity contribution in [2.24, 2.45) is 0 Å². The third-order valence-electron chi connectivity index (χ3n) is 2.76. The molecular formula is C18H22LiNO2-2. The van der Waals surface area contributed by atoms with Gasteiger partial charge >= 0.3 is 18.9 Å². The Morgan fingerprint density at radius 3 is 2.55 bits per heavy atom. The van der Waals surface area contributed by atoms with Crippen molar-refractivity contribution in [3.63, 3.8) is 0 Å². The molecule has 4 heteroatoms. The van der Waals surface area contributed by atoms with Crippen LogP contribution in [0.4, 0.5) is 5.69 Å². The van der Waals surface area contributed by atoms with Gasteiger partial charge in [0, 0.05) is 0 Å². The molecule has 0 aliphatic heterocycles. The topological polar surface area (TPSA) is 48.4 Å². The first kappa shape index (κ1) is 20.6. The van der Waals surface area contributed by atoms with Crippen LogP contribution in [0, 0.1) is 19.9 Å². The molecule has 1 aromatic rings. The molecule has 2 N–H and O–H groups in total. The van der Waals surface area contributed by atoms with E-state index in [1.807, 2.05) is 24.3 Å². The molecule has 0 radical (unpaired) electrons.